The minimum atomic E-state index is -0.951. The number of hydrogen-bond donors (Lipinski definition) is 1. The van der Waals surface area contributed by atoms with Crippen LogP contribution in [0, 0.1) is 17.8 Å². The lowest BCUT2D eigenvalue weighted by molar-refractivity contribution is -0.155. The molecule has 0 aromatic carbocycles. The summed E-state index contributed by atoms with van der Waals surface area (Å²) in [5, 5.41) is 10.5. The van der Waals surface area contributed by atoms with Crippen LogP contribution in [0.5, 0.6) is 0 Å². The Balaban J connectivity index is 2.39. The number of carbonyl (C=O) groups excluding carboxylic acids is 2. The van der Waals surface area contributed by atoms with Gasteiger partial charge >= 0.3 is 5.97 Å². The third-order valence-electron chi connectivity index (χ3n) is 5.16. The van der Waals surface area contributed by atoms with Crippen molar-refractivity contribution in [3.63, 3.8) is 0 Å². The molecule has 0 radical (unpaired) electrons. The summed E-state index contributed by atoms with van der Waals surface area (Å²) < 4.78 is 5.50. The molecule has 0 bridgehead atoms. The van der Waals surface area contributed by atoms with Gasteiger partial charge in [-0.1, -0.05) is 12.5 Å². The third kappa shape index (κ3) is 3.20. The lowest BCUT2D eigenvalue weighted by Crippen LogP contribution is -2.41. The van der Waals surface area contributed by atoms with Crippen LogP contribution < -0.4 is 0 Å². The molecule has 0 amide bonds. The Morgan fingerprint density at radius 3 is 2.48 bits per heavy atom. The predicted octanol–water partition coefficient (Wildman–Crippen LogP) is 2.64. The van der Waals surface area contributed by atoms with Crippen LogP contribution in [0.2, 0.25) is 0 Å². The van der Waals surface area contributed by atoms with Crippen molar-refractivity contribution in [1.29, 1.82) is 0 Å². The van der Waals surface area contributed by atoms with Gasteiger partial charge in [-0.3, -0.25) is 9.59 Å². The van der Waals surface area contributed by atoms with E-state index in [-0.39, 0.29) is 35.6 Å². The molecular formula is C17H26O4. The van der Waals surface area contributed by atoms with Crippen molar-refractivity contribution in [3.05, 3.63) is 11.1 Å². The first-order chi connectivity index (χ1) is 9.61. The van der Waals surface area contributed by atoms with E-state index in [0.29, 0.717) is 19.3 Å². The molecule has 0 heterocycles. The molecule has 21 heavy (non-hydrogen) atoms. The standard InChI is InChI=1S/C17H26O4/c1-9-6-16(21-11(3)18)14(17(4,5)20)7-13-10(2)15(19)8-12(9)13/h9,12,14,16,20H,6-8H2,1-5H3/t9-,12+,14-,16+/m1/s1. The molecule has 0 spiro atoms. The Labute approximate surface area is 126 Å². The Morgan fingerprint density at radius 1 is 1.33 bits per heavy atom. The number of allylic oxidation sites excluding steroid dienone is 2. The third-order valence-corrected chi connectivity index (χ3v) is 5.16. The molecule has 0 saturated heterocycles. The first-order valence-electron chi connectivity index (χ1n) is 7.73. The fourth-order valence-corrected chi connectivity index (χ4v) is 3.89. The lowest BCUT2D eigenvalue weighted by atomic mass is 9.81. The van der Waals surface area contributed by atoms with Crippen LogP contribution in [-0.4, -0.2) is 28.6 Å². The highest BCUT2D eigenvalue weighted by atomic mass is 16.5. The monoisotopic (exact) mass is 294 g/mol. The highest BCUT2D eigenvalue weighted by Gasteiger charge is 2.45. The molecular weight excluding hydrogens is 268 g/mol. The van der Waals surface area contributed by atoms with Gasteiger partial charge in [0.1, 0.15) is 6.10 Å². The quantitative estimate of drug-likeness (QED) is 0.795. The van der Waals surface area contributed by atoms with Crippen molar-refractivity contribution in [1.82, 2.24) is 0 Å². The molecule has 4 atom stereocenters. The van der Waals surface area contributed by atoms with E-state index < -0.39 is 5.60 Å². The van der Waals surface area contributed by atoms with E-state index in [1.807, 2.05) is 6.92 Å². The topological polar surface area (TPSA) is 63.6 Å². The first kappa shape index (κ1) is 16.2. The molecule has 1 fully saturated rings. The van der Waals surface area contributed by atoms with Gasteiger partial charge in [-0.05, 0) is 51.0 Å². The zero-order chi connectivity index (χ0) is 15.9. The summed E-state index contributed by atoms with van der Waals surface area (Å²) in [4.78, 5) is 23.4. The minimum Gasteiger partial charge on any atom is -0.462 e. The predicted molar refractivity (Wildman–Crippen MR) is 79.6 cm³/mol. The summed E-state index contributed by atoms with van der Waals surface area (Å²) >= 11 is 0. The van der Waals surface area contributed by atoms with E-state index in [0.717, 1.165) is 11.1 Å². The first-order valence-corrected chi connectivity index (χ1v) is 7.73. The van der Waals surface area contributed by atoms with Gasteiger partial charge in [0, 0.05) is 19.3 Å². The summed E-state index contributed by atoms with van der Waals surface area (Å²) in [5.41, 5.74) is 1.06. The van der Waals surface area contributed by atoms with Gasteiger partial charge in [0.15, 0.2) is 5.78 Å². The van der Waals surface area contributed by atoms with Crippen LogP contribution in [0.1, 0.15) is 53.9 Å². The molecule has 1 N–H and O–H groups in total. The molecule has 2 rings (SSSR count). The second-order valence-electron chi connectivity index (χ2n) is 7.21. The SMILES string of the molecule is CC(=O)O[C@H]1C[C@@H](C)[C@@H]2CC(=O)C(C)=C2C[C@H]1C(C)(C)O. The van der Waals surface area contributed by atoms with Crippen molar-refractivity contribution in [3.8, 4) is 0 Å². The average molecular weight is 294 g/mol. The molecule has 2 aliphatic carbocycles. The summed E-state index contributed by atoms with van der Waals surface area (Å²) in [7, 11) is 0. The Morgan fingerprint density at radius 2 is 1.95 bits per heavy atom. The Hall–Kier alpha value is -1.16. The maximum Gasteiger partial charge on any atom is 0.302 e. The van der Waals surface area contributed by atoms with Gasteiger partial charge in [-0.25, -0.2) is 0 Å². The maximum absolute atomic E-state index is 12.0. The number of Topliss-reactive ketones (excluding diaryl/α,β-unsaturated/α-hetero) is 1. The van der Waals surface area contributed by atoms with E-state index in [2.05, 4.69) is 6.92 Å². The summed E-state index contributed by atoms with van der Waals surface area (Å²) in [6.45, 7) is 8.92. The van der Waals surface area contributed by atoms with Crippen LogP contribution in [0.4, 0.5) is 0 Å². The van der Waals surface area contributed by atoms with Crippen molar-refractivity contribution in [2.45, 2.75) is 65.6 Å². The lowest BCUT2D eigenvalue weighted by Gasteiger charge is -2.34. The fourth-order valence-electron chi connectivity index (χ4n) is 3.89. The van der Waals surface area contributed by atoms with Gasteiger partial charge in [0.05, 0.1) is 5.60 Å². The van der Waals surface area contributed by atoms with E-state index in [9.17, 15) is 14.7 Å². The maximum atomic E-state index is 12.0. The molecule has 0 aliphatic heterocycles. The van der Waals surface area contributed by atoms with E-state index >= 15 is 0 Å². The zero-order valence-corrected chi connectivity index (χ0v) is 13.6. The van der Waals surface area contributed by atoms with Crippen LogP contribution in [0.25, 0.3) is 0 Å². The number of carbonyl (C=O) groups is 2. The number of ketones is 1. The van der Waals surface area contributed by atoms with E-state index in [1.54, 1.807) is 13.8 Å². The molecule has 1 saturated carbocycles. The summed E-state index contributed by atoms with van der Waals surface area (Å²) in [5.74, 6) is 0.253. The number of rotatable bonds is 2. The second kappa shape index (κ2) is 5.56. The number of ether oxygens (including phenoxy) is 1. The van der Waals surface area contributed by atoms with E-state index in [4.69, 9.17) is 4.74 Å². The zero-order valence-electron chi connectivity index (χ0n) is 13.6. The van der Waals surface area contributed by atoms with Gasteiger partial charge in [-0.2, -0.15) is 0 Å². The highest BCUT2D eigenvalue weighted by Crippen LogP contribution is 2.46. The normalized spacial score (nSPS) is 33.7. The molecule has 0 aromatic heterocycles. The summed E-state index contributed by atoms with van der Waals surface area (Å²) in [6, 6.07) is 0. The number of esters is 1. The molecule has 2 aliphatic rings. The van der Waals surface area contributed by atoms with Crippen LogP contribution in [0.15, 0.2) is 11.1 Å². The summed E-state index contributed by atoms with van der Waals surface area (Å²) in [6.07, 6.45) is 1.60. The minimum absolute atomic E-state index is 0.176. The van der Waals surface area contributed by atoms with Crippen LogP contribution in [0.3, 0.4) is 0 Å². The number of fused-ring (bicyclic) bond motifs is 1. The van der Waals surface area contributed by atoms with Gasteiger partial charge in [0.25, 0.3) is 0 Å². The van der Waals surface area contributed by atoms with E-state index in [1.165, 1.54) is 6.92 Å². The molecule has 4 nitrogen and oxygen atoms in total. The van der Waals surface area contributed by atoms with Crippen molar-refractivity contribution in [2.24, 2.45) is 17.8 Å². The van der Waals surface area contributed by atoms with Crippen LogP contribution >= 0.6 is 0 Å². The smallest absolute Gasteiger partial charge is 0.302 e. The second-order valence-corrected chi connectivity index (χ2v) is 7.21. The van der Waals surface area contributed by atoms with Gasteiger partial charge in [0.2, 0.25) is 0 Å². The molecule has 118 valence electrons. The van der Waals surface area contributed by atoms with Crippen molar-refractivity contribution in [2.75, 3.05) is 0 Å². The average Bonchev–Trinajstić information content (AvgIpc) is 2.51. The van der Waals surface area contributed by atoms with Gasteiger partial charge in [-0.15, -0.1) is 0 Å². The van der Waals surface area contributed by atoms with Crippen LogP contribution in [-0.2, 0) is 14.3 Å². The Kier molecular flexibility index (Phi) is 4.29. The number of hydrogen-bond acceptors (Lipinski definition) is 4. The fraction of sp³-hybridized carbons (Fsp3) is 0.765. The molecule has 0 unspecified atom stereocenters. The van der Waals surface area contributed by atoms with Crippen molar-refractivity contribution < 1.29 is 19.4 Å². The molecule has 0 aromatic rings. The number of aliphatic hydroxyl groups is 1. The van der Waals surface area contributed by atoms with Crippen molar-refractivity contribution >= 4 is 11.8 Å². The largest absolute Gasteiger partial charge is 0.462 e. The van der Waals surface area contributed by atoms with Gasteiger partial charge < -0.3 is 9.84 Å². The highest BCUT2D eigenvalue weighted by molar-refractivity contribution is 5.98. The Bertz CT molecular complexity index is 484. The molecule has 4 heteroatoms.